The summed E-state index contributed by atoms with van der Waals surface area (Å²) in [5, 5.41) is 10.8. The molecule has 1 N–H and O–H groups in total. The predicted octanol–water partition coefficient (Wildman–Crippen LogP) is 2.44. The molecule has 1 aliphatic rings. The topological polar surface area (TPSA) is 69.4 Å². The minimum absolute atomic E-state index is 0.0567. The molecule has 2 atom stereocenters. The van der Waals surface area contributed by atoms with Gasteiger partial charge in [-0.3, -0.25) is 0 Å². The van der Waals surface area contributed by atoms with Gasteiger partial charge in [-0.25, -0.2) is 4.98 Å². The van der Waals surface area contributed by atoms with Crippen LogP contribution in [0.1, 0.15) is 19.1 Å². The van der Waals surface area contributed by atoms with Crippen LogP contribution in [0.5, 0.6) is 5.88 Å². The van der Waals surface area contributed by atoms with E-state index in [1.54, 1.807) is 7.11 Å². The van der Waals surface area contributed by atoms with Crippen molar-refractivity contribution in [3.63, 3.8) is 0 Å². The van der Waals surface area contributed by atoms with Gasteiger partial charge in [0.1, 0.15) is 6.23 Å². The minimum Gasteiger partial charge on any atom is -0.480 e. The first-order valence-corrected chi connectivity index (χ1v) is 8.90. The summed E-state index contributed by atoms with van der Waals surface area (Å²) < 4.78 is 14.3. The monoisotopic (exact) mass is 421 g/mol. The third-order valence-corrected chi connectivity index (χ3v) is 4.91. The van der Waals surface area contributed by atoms with Crippen LogP contribution in [0.25, 0.3) is 11.0 Å². The molecule has 8 heteroatoms. The van der Waals surface area contributed by atoms with Gasteiger partial charge < -0.3 is 19.1 Å². The second-order valence-corrected chi connectivity index (χ2v) is 6.71. The summed E-state index contributed by atoms with van der Waals surface area (Å²) in [6.45, 7) is 0.0567. The van der Waals surface area contributed by atoms with Crippen molar-refractivity contribution in [2.75, 3.05) is 20.0 Å². The Bertz CT molecular complexity index is 664. The summed E-state index contributed by atoms with van der Waals surface area (Å²) in [5.74, 6) is 0.587. The predicted molar refractivity (Wildman–Crippen MR) is 88.8 cm³/mol. The van der Waals surface area contributed by atoms with Crippen molar-refractivity contribution in [1.82, 2.24) is 14.5 Å². The second kappa shape index (κ2) is 6.27. The quantitative estimate of drug-likeness (QED) is 0.465. The highest BCUT2D eigenvalue weighted by atomic mass is 127. The molecule has 114 valence electrons. The molecule has 3 rings (SSSR count). The number of aliphatic hydroxyl groups is 1. The summed E-state index contributed by atoms with van der Waals surface area (Å²) in [6, 6.07) is 0. The molecule has 0 saturated carbocycles. The van der Waals surface area contributed by atoms with Crippen LogP contribution in [0.15, 0.2) is 11.4 Å². The average molecular weight is 421 g/mol. The number of halogens is 1. The molecule has 3 heterocycles. The Labute approximate surface area is 140 Å². The molecule has 0 unspecified atom stereocenters. The lowest BCUT2D eigenvalue weighted by molar-refractivity contribution is -0.0205. The Kier molecular flexibility index (Phi) is 4.57. The molecule has 0 amide bonds. The number of thioether (sulfide) groups is 1. The summed E-state index contributed by atoms with van der Waals surface area (Å²) in [6.07, 6.45) is 5.49. The van der Waals surface area contributed by atoms with E-state index in [-0.39, 0.29) is 18.9 Å². The molecule has 2 aromatic heterocycles. The van der Waals surface area contributed by atoms with Gasteiger partial charge in [-0.15, -0.1) is 0 Å². The highest BCUT2D eigenvalue weighted by Gasteiger charge is 2.28. The van der Waals surface area contributed by atoms with Crippen molar-refractivity contribution >= 4 is 45.4 Å². The third kappa shape index (κ3) is 2.73. The van der Waals surface area contributed by atoms with Gasteiger partial charge >= 0.3 is 0 Å². The molecule has 0 radical (unpaired) electrons. The van der Waals surface area contributed by atoms with Crippen molar-refractivity contribution in [3.05, 3.63) is 9.77 Å². The maximum Gasteiger partial charge on any atom is 0.227 e. The number of fused-ring (bicyclic) bond motifs is 1. The van der Waals surface area contributed by atoms with Crippen molar-refractivity contribution in [2.45, 2.75) is 30.3 Å². The first-order valence-electron chi connectivity index (χ1n) is 6.60. The fourth-order valence-electron chi connectivity index (χ4n) is 2.54. The molecule has 1 fully saturated rings. The highest BCUT2D eigenvalue weighted by Crippen LogP contribution is 2.36. The maximum absolute atomic E-state index is 9.23. The largest absolute Gasteiger partial charge is 0.480 e. The zero-order valence-electron chi connectivity index (χ0n) is 11.7. The van der Waals surface area contributed by atoms with E-state index in [0.717, 1.165) is 27.4 Å². The molecule has 0 aromatic carbocycles. The lowest BCUT2D eigenvalue weighted by atomic mass is 10.2. The molecule has 1 aliphatic heterocycles. The van der Waals surface area contributed by atoms with E-state index in [4.69, 9.17) is 9.47 Å². The molecule has 0 bridgehead atoms. The first-order chi connectivity index (χ1) is 10.2. The Balaban J connectivity index is 2.11. The lowest BCUT2D eigenvalue weighted by Gasteiger charge is -2.15. The van der Waals surface area contributed by atoms with Crippen molar-refractivity contribution in [1.29, 1.82) is 0 Å². The molecule has 1 saturated heterocycles. The zero-order valence-corrected chi connectivity index (χ0v) is 14.7. The van der Waals surface area contributed by atoms with Crippen molar-refractivity contribution < 1.29 is 14.6 Å². The maximum atomic E-state index is 9.23. The van der Waals surface area contributed by atoms with Gasteiger partial charge in [-0.05, 0) is 41.7 Å². The Morgan fingerprint density at radius 2 is 2.33 bits per heavy atom. The van der Waals surface area contributed by atoms with Crippen LogP contribution in [-0.2, 0) is 4.74 Å². The van der Waals surface area contributed by atoms with Crippen molar-refractivity contribution in [2.24, 2.45) is 0 Å². The standard InChI is InChI=1S/C13H16IN3O3S/c1-19-12-10-8(14)5-17(9-4-3-7(6-18)20-9)11(10)15-13(16-12)21-2/h5,7,9,18H,3-4,6H2,1-2H3/t7-,9+/m0/s1. The molecule has 0 spiro atoms. The summed E-state index contributed by atoms with van der Waals surface area (Å²) in [7, 11) is 1.62. The smallest absolute Gasteiger partial charge is 0.227 e. The average Bonchev–Trinajstić information content (AvgIpc) is 3.11. The van der Waals surface area contributed by atoms with Gasteiger partial charge in [0.2, 0.25) is 5.88 Å². The van der Waals surface area contributed by atoms with Gasteiger partial charge in [0.25, 0.3) is 0 Å². The number of rotatable bonds is 4. The van der Waals surface area contributed by atoms with E-state index in [0.29, 0.717) is 11.0 Å². The summed E-state index contributed by atoms with van der Waals surface area (Å²) in [4.78, 5) is 9.01. The first kappa shape index (κ1) is 15.3. The second-order valence-electron chi connectivity index (χ2n) is 4.78. The van der Waals surface area contributed by atoms with Crippen LogP contribution < -0.4 is 4.74 Å². The number of hydrogen-bond donors (Lipinski definition) is 1. The van der Waals surface area contributed by atoms with Crippen LogP contribution in [0, 0.1) is 3.57 Å². The van der Waals surface area contributed by atoms with Gasteiger partial charge in [0.15, 0.2) is 10.8 Å². The Morgan fingerprint density at radius 1 is 1.52 bits per heavy atom. The number of ether oxygens (including phenoxy) is 2. The number of aromatic nitrogens is 3. The van der Waals surface area contributed by atoms with E-state index in [1.165, 1.54) is 11.8 Å². The number of aliphatic hydroxyl groups excluding tert-OH is 1. The Hall–Kier alpha value is -0.580. The van der Waals surface area contributed by atoms with Crippen LogP contribution in [0.2, 0.25) is 0 Å². The van der Waals surface area contributed by atoms with E-state index in [9.17, 15) is 5.11 Å². The van der Waals surface area contributed by atoms with Gasteiger partial charge in [-0.2, -0.15) is 4.98 Å². The molecular formula is C13H16IN3O3S. The molecule has 2 aromatic rings. The van der Waals surface area contributed by atoms with Crippen LogP contribution in [0.3, 0.4) is 0 Å². The van der Waals surface area contributed by atoms with Crippen LogP contribution >= 0.6 is 34.4 Å². The Morgan fingerprint density at radius 3 is 2.95 bits per heavy atom. The van der Waals surface area contributed by atoms with E-state index in [1.807, 2.05) is 17.0 Å². The van der Waals surface area contributed by atoms with E-state index in [2.05, 4.69) is 32.6 Å². The number of hydrogen-bond acceptors (Lipinski definition) is 6. The van der Waals surface area contributed by atoms with Gasteiger partial charge in [0.05, 0.1) is 25.2 Å². The molecule has 6 nitrogen and oxygen atoms in total. The molecule has 21 heavy (non-hydrogen) atoms. The summed E-state index contributed by atoms with van der Waals surface area (Å²) >= 11 is 3.74. The SMILES string of the molecule is COc1nc(SC)nc2c1c(I)cn2[C@H]1CC[C@@H](CO)O1. The minimum atomic E-state index is -0.0949. The van der Waals surface area contributed by atoms with Crippen LogP contribution in [-0.4, -0.2) is 45.7 Å². The summed E-state index contributed by atoms with van der Waals surface area (Å²) in [5.41, 5.74) is 0.819. The highest BCUT2D eigenvalue weighted by molar-refractivity contribution is 14.1. The fraction of sp³-hybridized carbons (Fsp3) is 0.538. The lowest BCUT2D eigenvalue weighted by Crippen LogP contribution is -2.14. The van der Waals surface area contributed by atoms with Gasteiger partial charge in [-0.1, -0.05) is 11.8 Å². The van der Waals surface area contributed by atoms with Gasteiger partial charge in [0, 0.05) is 9.77 Å². The zero-order chi connectivity index (χ0) is 15.0. The third-order valence-electron chi connectivity index (χ3n) is 3.55. The normalized spacial score (nSPS) is 22.1. The fourth-order valence-corrected chi connectivity index (χ4v) is 3.66. The van der Waals surface area contributed by atoms with Crippen LogP contribution in [0.4, 0.5) is 0 Å². The molecule has 0 aliphatic carbocycles. The number of nitrogens with zero attached hydrogens (tertiary/aromatic N) is 3. The van der Waals surface area contributed by atoms with E-state index >= 15 is 0 Å². The van der Waals surface area contributed by atoms with E-state index < -0.39 is 0 Å². The molecular weight excluding hydrogens is 405 g/mol. The van der Waals surface area contributed by atoms with Crippen molar-refractivity contribution in [3.8, 4) is 5.88 Å². The number of methoxy groups -OCH3 is 1.